The number of nitrogens with zero attached hydrogens (tertiary/aromatic N) is 4. The highest BCUT2D eigenvalue weighted by molar-refractivity contribution is 7.09. The van der Waals surface area contributed by atoms with E-state index in [1.54, 1.807) is 7.05 Å². The average Bonchev–Trinajstić information content (AvgIpc) is 3.31. The number of imide groups is 1. The van der Waals surface area contributed by atoms with Crippen LogP contribution in [0.1, 0.15) is 4.88 Å². The third-order valence-corrected chi connectivity index (χ3v) is 4.51. The van der Waals surface area contributed by atoms with Crippen LogP contribution in [0.5, 0.6) is 0 Å². The van der Waals surface area contributed by atoms with Gasteiger partial charge in [-0.1, -0.05) is 6.07 Å². The maximum Gasteiger partial charge on any atom is 0.326 e. The summed E-state index contributed by atoms with van der Waals surface area (Å²) in [7, 11) is 1.64. The number of rotatable bonds is 6. The van der Waals surface area contributed by atoms with E-state index in [0.717, 1.165) is 9.44 Å². The van der Waals surface area contributed by atoms with E-state index in [-0.39, 0.29) is 11.9 Å². The summed E-state index contributed by atoms with van der Waals surface area (Å²) >= 11 is 1.47. The number of hydrogen-bond donors (Lipinski definition) is 2. The van der Waals surface area contributed by atoms with Crippen molar-refractivity contribution in [3.63, 3.8) is 0 Å². The van der Waals surface area contributed by atoms with Crippen LogP contribution in [0.4, 0.5) is 4.79 Å². The Labute approximate surface area is 161 Å². The molecule has 0 fully saturated rings. The number of esters is 1. The van der Waals surface area contributed by atoms with E-state index in [4.69, 9.17) is 4.74 Å². The minimum atomic E-state index is -0.818. The summed E-state index contributed by atoms with van der Waals surface area (Å²) in [5.41, 5.74) is -0.0602. The zero-order chi connectivity index (χ0) is 20.1. The fourth-order valence-corrected chi connectivity index (χ4v) is 2.94. The summed E-state index contributed by atoms with van der Waals surface area (Å²) < 4.78 is 7.29. The molecule has 0 aliphatic heterocycles. The van der Waals surface area contributed by atoms with Crippen LogP contribution in [-0.2, 0) is 34.5 Å². The lowest BCUT2D eigenvalue weighted by molar-refractivity contribution is -0.148. The van der Waals surface area contributed by atoms with E-state index in [1.807, 2.05) is 22.8 Å². The molecule has 146 valence electrons. The van der Waals surface area contributed by atoms with E-state index in [1.165, 1.54) is 28.5 Å². The van der Waals surface area contributed by atoms with Crippen LogP contribution in [0.25, 0.3) is 11.0 Å². The third-order valence-electron chi connectivity index (χ3n) is 3.64. The zero-order valence-electron chi connectivity index (χ0n) is 14.7. The predicted octanol–water partition coefficient (Wildman–Crippen LogP) is -0.239. The molecule has 0 aromatic carbocycles. The second-order valence-electron chi connectivity index (χ2n) is 5.65. The number of ether oxygens (including phenoxy) is 1. The number of fused-ring (bicyclic) bond motifs is 1. The number of thiophene rings is 1. The van der Waals surface area contributed by atoms with Crippen molar-refractivity contribution < 1.29 is 19.1 Å². The molecular formula is C16H16N6O5S. The molecule has 0 aliphatic rings. The highest BCUT2D eigenvalue weighted by atomic mass is 32.1. The molecule has 0 unspecified atom stereocenters. The summed E-state index contributed by atoms with van der Waals surface area (Å²) in [5, 5.41) is 10.6. The predicted molar refractivity (Wildman–Crippen MR) is 98.4 cm³/mol. The number of hydrogen-bond acceptors (Lipinski definition) is 8. The summed E-state index contributed by atoms with van der Waals surface area (Å²) in [5.74, 6) is -1.61. The molecule has 3 rings (SSSR count). The molecule has 0 bridgehead atoms. The van der Waals surface area contributed by atoms with Crippen molar-refractivity contribution in [3.05, 3.63) is 45.3 Å². The van der Waals surface area contributed by atoms with Gasteiger partial charge >= 0.3 is 12.0 Å². The first-order valence-electron chi connectivity index (χ1n) is 8.07. The number of aryl methyl sites for hydroxylation is 1. The Balaban J connectivity index is 1.46. The van der Waals surface area contributed by atoms with Crippen molar-refractivity contribution in [3.8, 4) is 0 Å². The van der Waals surface area contributed by atoms with E-state index in [2.05, 4.69) is 15.4 Å². The molecule has 0 saturated carbocycles. The summed E-state index contributed by atoms with van der Waals surface area (Å²) in [6.07, 6.45) is 2.56. The van der Waals surface area contributed by atoms with Gasteiger partial charge in [-0.15, -0.1) is 11.3 Å². The van der Waals surface area contributed by atoms with Gasteiger partial charge in [0.1, 0.15) is 18.3 Å². The van der Waals surface area contributed by atoms with Crippen molar-refractivity contribution in [1.29, 1.82) is 0 Å². The quantitative estimate of drug-likeness (QED) is 0.541. The minimum absolute atomic E-state index is 0.262. The van der Waals surface area contributed by atoms with Gasteiger partial charge in [-0.25, -0.2) is 9.78 Å². The molecule has 0 radical (unpaired) electrons. The average molecular weight is 404 g/mol. The van der Waals surface area contributed by atoms with Crippen molar-refractivity contribution in [2.75, 3.05) is 6.61 Å². The Kier molecular flexibility index (Phi) is 5.79. The molecule has 0 saturated heterocycles. The topological polar surface area (TPSA) is 137 Å². The van der Waals surface area contributed by atoms with Crippen LogP contribution in [-0.4, -0.2) is 43.8 Å². The fraction of sp³-hybridized carbons (Fsp3) is 0.250. The van der Waals surface area contributed by atoms with Gasteiger partial charge in [0.05, 0.1) is 12.7 Å². The first-order chi connectivity index (χ1) is 13.4. The van der Waals surface area contributed by atoms with E-state index in [0.29, 0.717) is 5.65 Å². The van der Waals surface area contributed by atoms with Crippen LogP contribution in [0.2, 0.25) is 0 Å². The first-order valence-corrected chi connectivity index (χ1v) is 8.95. The molecule has 2 N–H and O–H groups in total. The summed E-state index contributed by atoms with van der Waals surface area (Å²) in [6, 6.07) is 2.99. The van der Waals surface area contributed by atoms with Gasteiger partial charge in [-0.3, -0.25) is 28.9 Å². The number of carbonyl (C=O) groups is 3. The smallest absolute Gasteiger partial charge is 0.326 e. The maximum atomic E-state index is 12.3. The number of amides is 3. The minimum Gasteiger partial charge on any atom is -0.454 e. The van der Waals surface area contributed by atoms with Gasteiger partial charge in [-0.2, -0.15) is 5.10 Å². The molecule has 0 aliphatic carbocycles. The van der Waals surface area contributed by atoms with Gasteiger partial charge in [0, 0.05) is 11.9 Å². The standard InChI is InChI=1S/C16H16N6O5S/c1-21-14-11(6-19-21)15(25)22(9-18-14)7-13(24)27-8-12(23)20-16(26)17-5-10-3-2-4-28-10/h2-4,6,9H,5,7-8H2,1H3,(H2,17,20,23,26). The fourth-order valence-electron chi connectivity index (χ4n) is 2.30. The Hall–Kier alpha value is -3.54. The SMILES string of the molecule is Cn1ncc2c(=O)n(CC(=O)OCC(=O)NC(=O)NCc3cccs3)cnc21. The van der Waals surface area contributed by atoms with Crippen molar-refractivity contribution in [1.82, 2.24) is 30.0 Å². The molecule has 28 heavy (non-hydrogen) atoms. The lowest BCUT2D eigenvalue weighted by atomic mass is 10.4. The third kappa shape index (κ3) is 4.59. The Morgan fingerprint density at radius 2 is 2.14 bits per heavy atom. The van der Waals surface area contributed by atoms with Crippen molar-refractivity contribution in [2.24, 2.45) is 7.05 Å². The van der Waals surface area contributed by atoms with Crippen molar-refractivity contribution >= 4 is 40.3 Å². The zero-order valence-corrected chi connectivity index (χ0v) is 15.6. The Morgan fingerprint density at radius 3 is 2.89 bits per heavy atom. The second-order valence-corrected chi connectivity index (χ2v) is 6.69. The van der Waals surface area contributed by atoms with E-state index >= 15 is 0 Å². The molecule has 3 aromatic heterocycles. The van der Waals surface area contributed by atoms with Gasteiger partial charge in [0.15, 0.2) is 12.3 Å². The van der Waals surface area contributed by atoms with E-state index in [9.17, 15) is 19.2 Å². The molecule has 11 nitrogen and oxygen atoms in total. The molecule has 0 spiro atoms. The number of aromatic nitrogens is 4. The van der Waals surface area contributed by atoms with Gasteiger partial charge in [0.25, 0.3) is 11.5 Å². The lowest BCUT2D eigenvalue weighted by Crippen LogP contribution is -2.41. The van der Waals surface area contributed by atoms with Gasteiger partial charge < -0.3 is 10.1 Å². The molecular weight excluding hydrogens is 388 g/mol. The molecule has 3 amide bonds. The van der Waals surface area contributed by atoms with Crippen LogP contribution in [0.3, 0.4) is 0 Å². The van der Waals surface area contributed by atoms with Crippen molar-refractivity contribution in [2.45, 2.75) is 13.1 Å². The largest absolute Gasteiger partial charge is 0.454 e. The second kappa shape index (κ2) is 8.43. The monoisotopic (exact) mass is 404 g/mol. The number of urea groups is 1. The van der Waals surface area contributed by atoms with Crippen LogP contribution < -0.4 is 16.2 Å². The number of nitrogens with one attached hydrogen (secondary N) is 2. The number of carbonyl (C=O) groups excluding carboxylic acids is 3. The Bertz CT molecular complexity index is 1070. The highest BCUT2D eigenvalue weighted by Gasteiger charge is 2.14. The van der Waals surface area contributed by atoms with Crippen LogP contribution in [0, 0.1) is 0 Å². The molecule has 3 heterocycles. The van der Waals surface area contributed by atoms with Gasteiger partial charge in [-0.05, 0) is 11.4 Å². The normalized spacial score (nSPS) is 10.6. The molecule has 3 aromatic rings. The first kappa shape index (κ1) is 19.2. The van der Waals surface area contributed by atoms with E-state index < -0.39 is 36.6 Å². The lowest BCUT2D eigenvalue weighted by Gasteiger charge is -2.08. The maximum absolute atomic E-state index is 12.3. The summed E-state index contributed by atoms with van der Waals surface area (Å²) in [6.45, 7) is -0.791. The highest BCUT2D eigenvalue weighted by Crippen LogP contribution is 2.07. The van der Waals surface area contributed by atoms with Crippen LogP contribution in [0.15, 0.2) is 34.8 Å². The Morgan fingerprint density at radius 1 is 1.32 bits per heavy atom. The summed E-state index contributed by atoms with van der Waals surface area (Å²) in [4.78, 5) is 52.4. The van der Waals surface area contributed by atoms with Crippen LogP contribution >= 0.6 is 11.3 Å². The molecule has 0 atom stereocenters. The molecule has 12 heteroatoms. The van der Waals surface area contributed by atoms with Gasteiger partial charge in [0.2, 0.25) is 0 Å².